The smallest absolute Gasteiger partial charge is 0.130 e. The van der Waals surface area contributed by atoms with Crippen molar-refractivity contribution in [3.63, 3.8) is 0 Å². The van der Waals surface area contributed by atoms with Crippen molar-refractivity contribution in [3.05, 3.63) is 34.6 Å². The van der Waals surface area contributed by atoms with Crippen LogP contribution >= 0.6 is 11.6 Å². The topological polar surface area (TPSA) is 20.2 Å². The van der Waals surface area contributed by atoms with Gasteiger partial charge in [0.25, 0.3) is 0 Å². The zero-order chi connectivity index (χ0) is 13.8. The van der Waals surface area contributed by atoms with Crippen LogP contribution in [0.2, 0.25) is 5.02 Å². The SMILES string of the molecule is CCCC1CCC(C(O)c2ccc(Cl)cc2F)CC1. The highest BCUT2D eigenvalue weighted by Crippen LogP contribution is 2.39. The van der Waals surface area contributed by atoms with Gasteiger partial charge in [0.1, 0.15) is 5.82 Å². The number of halogens is 2. The van der Waals surface area contributed by atoms with Crippen LogP contribution in [0, 0.1) is 17.7 Å². The lowest BCUT2D eigenvalue weighted by atomic mass is 9.76. The van der Waals surface area contributed by atoms with Gasteiger partial charge in [0.05, 0.1) is 6.10 Å². The molecule has 0 radical (unpaired) electrons. The molecule has 1 nitrogen and oxygen atoms in total. The summed E-state index contributed by atoms with van der Waals surface area (Å²) in [6.07, 6.45) is 6.11. The Morgan fingerprint density at radius 2 is 2.00 bits per heavy atom. The van der Waals surface area contributed by atoms with Gasteiger partial charge in [-0.3, -0.25) is 0 Å². The van der Waals surface area contributed by atoms with E-state index in [1.54, 1.807) is 12.1 Å². The second kappa shape index (κ2) is 6.71. The maximum atomic E-state index is 13.8. The van der Waals surface area contributed by atoms with Crippen molar-refractivity contribution < 1.29 is 9.50 Å². The van der Waals surface area contributed by atoms with Crippen LogP contribution in [0.4, 0.5) is 4.39 Å². The molecule has 1 N–H and O–H groups in total. The molecular weight excluding hydrogens is 263 g/mol. The van der Waals surface area contributed by atoms with Gasteiger partial charge >= 0.3 is 0 Å². The Morgan fingerprint density at radius 1 is 1.32 bits per heavy atom. The first-order chi connectivity index (χ1) is 9.11. The molecule has 0 heterocycles. The maximum Gasteiger partial charge on any atom is 0.130 e. The Labute approximate surface area is 119 Å². The second-order valence-corrected chi connectivity index (χ2v) is 6.12. The number of rotatable bonds is 4. The minimum Gasteiger partial charge on any atom is -0.388 e. The highest BCUT2D eigenvalue weighted by molar-refractivity contribution is 6.30. The number of aliphatic hydroxyl groups excluding tert-OH is 1. The van der Waals surface area contributed by atoms with Gasteiger partial charge in [-0.15, -0.1) is 0 Å². The lowest BCUT2D eigenvalue weighted by Gasteiger charge is -2.31. The first-order valence-electron chi connectivity index (χ1n) is 7.24. The van der Waals surface area contributed by atoms with Crippen LogP contribution in [0.3, 0.4) is 0 Å². The van der Waals surface area contributed by atoms with Crippen LogP contribution in [0.15, 0.2) is 18.2 Å². The first-order valence-corrected chi connectivity index (χ1v) is 7.62. The number of aliphatic hydroxyl groups is 1. The van der Waals surface area contributed by atoms with Crippen molar-refractivity contribution >= 4 is 11.6 Å². The summed E-state index contributed by atoms with van der Waals surface area (Å²) < 4.78 is 13.8. The first kappa shape index (κ1) is 14.8. The van der Waals surface area contributed by atoms with E-state index in [0.717, 1.165) is 31.6 Å². The summed E-state index contributed by atoms with van der Waals surface area (Å²) in [5, 5.41) is 10.7. The van der Waals surface area contributed by atoms with Crippen molar-refractivity contribution in [1.82, 2.24) is 0 Å². The van der Waals surface area contributed by atoms with E-state index in [9.17, 15) is 9.50 Å². The molecule has 1 aliphatic carbocycles. The summed E-state index contributed by atoms with van der Waals surface area (Å²) >= 11 is 5.74. The molecule has 0 spiro atoms. The Hall–Kier alpha value is -0.600. The van der Waals surface area contributed by atoms with E-state index in [1.807, 2.05) is 0 Å². The van der Waals surface area contributed by atoms with E-state index in [1.165, 1.54) is 18.9 Å². The molecule has 1 unspecified atom stereocenters. The molecule has 106 valence electrons. The van der Waals surface area contributed by atoms with Crippen molar-refractivity contribution in [2.45, 2.75) is 51.6 Å². The number of benzene rings is 1. The van der Waals surface area contributed by atoms with E-state index in [2.05, 4.69) is 6.92 Å². The molecule has 0 aliphatic heterocycles. The molecule has 1 aromatic rings. The summed E-state index contributed by atoms with van der Waals surface area (Å²) in [6, 6.07) is 4.54. The van der Waals surface area contributed by atoms with Gasteiger partial charge in [0.15, 0.2) is 0 Å². The van der Waals surface area contributed by atoms with Crippen molar-refractivity contribution in [1.29, 1.82) is 0 Å². The minimum atomic E-state index is -0.695. The molecule has 1 fully saturated rings. The molecular formula is C16H22ClFO. The third-order valence-corrected chi connectivity index (χ3v) is 4.55. The monoisotopic (exact) mass is 284 g/mol. The lowest BCUT2D eigenvalue weighted by Crippen LogP contribution is -2.21. The highest BCUT2D eigenvalue weighted by Gasteiger charge is 2.28. The fraction of sp³-hybridized carbons (Fsp3) is 0.625. The predicted molar refractivity (Wildman–Crippen MR) is 76.7 cm³/mol. The molecule has 0 saturated heterocycles. The molecule has 1 aromatic carbocycles. The van der Waals surface area contributed by atoms with Gasteiger partial charge in [-0.1, -0.05) is 50.3 Å². The highest BCUT2D eigenvalue weighted by atomic mass is 35.5. The third-order valence-electron chi connectivity index (χ3n) is 4.32. The summed E-state index contributed by atoms with van der Waals surface area (Å²) in [5.74, 6) is 0.586. The third kappa shape index (κ3) is 3.70. The summed E-state index contributed by atoms with van der Waals surface area (Å²) in [5.41, 5.74) is 0.392. The standard InChI is InChI=1S/C16H22ClFO/c1-2-3-11-4-6-12(7-5-11)16(19)14-9-8-13(17)10-15(14)18/h8-12,16,19H,2-7H2,1H3. The van der Waals surface area contributed by atoms with Crippen LogP contribution in [-0.4, -0.2) is 5.11 Å². The Bertz CT molecular complexity index is 413. The molecule has 19 heavy (non-hydrogen) atoms. The quantitative estimate of drug-likeness (QED) is 0.814. The van der Waals surface area contributed by atoms with Gasteiger partial charge in [-0.2, -0.15) is 0 Å². The maximum absolute atomic E-state index is 13.8. The van der Waals surface area contributed by atoms with E-state index >= 15 is 0 Å². The van der Waals surface area contributed by atoms with E-state index < -0.39 is 11.9 Å². The van der Waals surface area contributed by atoms with E-state index in [0.29, 0.717) is 10.6 Å². The van der Waals surface area contributed by atoms with Gasteiger partial charge in [-0.05, 0) is 36.8 Å². The zero-order valence-electron chi connectivity index (χ0n) is 11.4. The Balaban J connectivity index is 1.99. The van der Waals surface area contributed by atoms with Gasteiger partial charge < -0.3 is 5.11 Å². The van der Waals surface area contributed by atoms with Crippen LogP contribution in [0.25, 0.3) is 0 Å². The lowest BCUT2D eigenvalue weighted by molar-refractivity contribution is 0.0694. The van der Waals surface area contributed by atoms with Crippen molar-refractivity contribution in [2.24, 2.45) is 11.8 Å². The number of hydrogen-bond acceptors (Lipinski definition) is 1. The molecule has 1 atom stereocenters. The average Bonchev–Trinajstić information content (AvgIpc) is 2.39. The van der Waals surface area contributed by atoms with Crippen LogP contribution in [0.1, 0.15) is 57.1 Å². The van der Waals surface area contributed by atoms with Gasteiger partial charge in [0, 0.05) is 10.6 Å². The molecule has 1 aliphatic rings. The van der Waals surface area contributed by atoms with E-state index in [-0.39, 0.29) is 5.92 Å². The summed E-state index contributed by atoms with van der Waals surface area (Å²) in [7, 11) is 0. The Morgan fingerprint density at radius 3 is 2.58 bits per heavy atom. The molecule has 0 aromatic heterocycles. The molecule has 0 bridgehead atoms. The second-order valence-electron chi connectivity index (χ2n) is 5.68. The van der Waals surface area contributed by atoms with Gasteiger partial charge in [0.2, 0.25) is 0 Å². The van der Waals surface area contributed by atoms with E-state index in [4.69, 9.17) is 11.6 Å². The largest absolute Gasteiger partial charge is 0.388 e. The average molecular weight is 285 g/mol. The zero-order valence-corrected chi connectivity index (χ0v) is 12.2. The molecule has 0 amide bonds. The predicted octanol–water partition coefficient (Wildman–Crippen LogP) is 5.12. The fourth-order valence-corrected chi connectivity index (χ4v) is 3.35. The summed E-state index contributed by atoms with van der Waals surface area (Å²) in [4.78, 5) is 0. The van der Waals surface area contributed by atoms with Crippen LogP contribution in [0.5, 0.6) is 0 Å². The van der Waals surface area contributed by atoms with Crippen molar-refractivity contribution in [3.8, 4) is 0 Å². The summed E-state index contributed by atoms with van der Waals surface area (Å²) in [6.45, 7) is 2.21. The number of hydrogen-bond donors (Lipinski definition) is 1. The Kier molecular flexibility index (Phi) is 5.23. The molecule has 3 heteroatoms. The normalized spacial score (nSPS) is 25.3. The van der Waals surface area contributed by atoms with Gasteiger partial charge in [-0.25, -0.2) is 4.39 Å². The fourth-order valence-electron chi connectivity index (χ4n) is 3.20. The van der Waals surface area contributed by atoms with Crippen LogP contribution < -0.4 is 0 Å². The van der Waals surface area contributed by atoms with Crippen LogP contribution in [-0.2, 0) is 0 Å². The minimum absolute atomic E-state index is 0.184. The van der Waals surface area contributed by atoms with Crippen molar-refractivity contribution in [2.75, 3.05) is 0 Å². The molecule has 1 saturated carbocycles. The molecule has 2 rings (SSSR count).